The highest BCUT2D eigenvalue weighted by Gasteiger charge is 2.03. The molecule has 27 heavy (non-hydrogen) atoms. The predicted octanol–water partition coefficient (Wildman–Crippen LogP) is 8.99. The standard InChI is InChI=1S/C27H40/c1-2-3-4-5-6-7-8-9-10-11-12-13-15-20-26-23-18-19-24-27(26)25-21-16-14-17-22-25/h14,16-19,21-24H,2-13,15,20H2,1H3. The van der Waals surface area contributed by atoms with E-state index in [0.29, 0.717) is 0 Å². The quantitative estimate of drug-likeness (QED) is 0.276. The zero-order chi connectivity index (χ0) is 19.0. The highest BCUT2D eigenvalue weighted by molar-refractivity contribution is 5.67. The van der Waals surface area contributed by atoms with Crippen molar-refractivity contribution in [1.29, 1.82) is 0 Å². The number of rotatable bonds is 15. The molecule has 0 aliphatic heterocycles. The molecule has 0 aliphatic carbocycles. The zero-order valence-corrected chi connectivity index (χ0v) is 17.6. The molecule has 0 amide bonds. The molecule has 0 fully saturated rings. The van der Waals surface area contributed by atoms with E-state index in [1.165, 1.54) is 107 Å². The van der Waals surface area contributed by atoms with Crippen LogP contribution in [0.3, 0.4) is 0 Å². The molecule has 0 saturated heterocycles. The molecule has 0 aromatic heterocycles. The van der Waals surface area contributed by atoms with Gasteiger partial charge in [0.05, 0.1) is 0 Å². The maximum atomic E-state index is 2.31. The highest BCUT2D eigenvalue weighted by atomic mass is 14.1. The van der Waals surface area contributed by atoms with E-state index in [4.69, 9.17) is 0 Å². The Balaban J connectivity index is 1.52. The van der Waals surface area contributed by atoms with E-state index in [2.05, 4.69) is 61.5 Å². The summed E-state index contributed by atoms with van der Waals surface area (Å²) in [6.07, 6.45) is 19.7. The lowest BCUT2D eigenvalue weighted by Gasteiger charge is -2.10. The van der Waals surface area contributed by atoms with Gasteiger partial charge in [-0.15, -0.1) is 0 Å². The molecule has 0 heteroatoms. The van der Waals surface area contributed by atoms with Crippen LogP contribution < -0.4 is 0 Å². The molecule has 0 N–H and O–H groups in total. The van der Waals surface area contributed by atoms with Crippen LogP contribution in [0.5, 0.6) is 0 Å². The molecule has 0 atom stereocenters. The van der Waals surface area contributed by atoms with Crippen LogP contribution >= 0.6 is 0 Å². The van der Waals surface area contributed by atoms with Crippen molar-refractivity contribution in [1.82, 2.24) is 0 Å². The SMILES string of the molecule is CCCCCCCCCCCCCCCc1ccccc1-c1ccccc1. The van der Waals surface area contributed by atoms with E-state index < -0.39 is 0 Å². The first-order valence-electron chi connectivity index (χ1n) is 11.5. The van der Waals surface area contributed by atoms with Crippen LogP contribution in [0.4, 0.5) is 0 Å². The van der Waals surface area contributed by atoms with Crippen molar-refractivity contribution in [2.45, 2.75) is 96.8 Å². The third-order valence-corrected chi connectivity index (χ3v) is 5.65. The van der Waals surface area contributed by atoms with E-state index in [0.717, 1.165) is 0 Å². The summed E-state index contributed by atoms with van der Waals surface area (Å²) in [7, 11) is 0. The van der Waals surface area contributed by atoms with Crippen LogP contribution in [0.15, 0.2) is 54.6 Å². The second-order valence-electron chi connectivity index (χ2n) is 8.02. The van der Waals surface area contributed by atoms with Gasteiger partial charge in [-0.05, 0) is 29.5 Å². The van der Waals surface area contributed by atoms with E-state index in [9.17, 15) is 0 Å². The zero-order valence-electron chi connectivity index (χ0n) is 17.6. The van der Waals surface area contributed by atoms with Crippen molar-refractivity contribution < 1.29 is 0 Å². The summed E-state index contributed by atoms with van der Waals surface area (Å²) in [5.41, 5.74) is 4.27. The van der Waals surface area contributed by atoms with Gasteiger partial charge in [0, 0.05) is 0 Å². The first-order valence-corrected chi connectivity index (χ1v) is 11.5. The smallest absolute Gasteiger partial charge is 0.0152 e. The average molecular weight is 365 g/mol. The normalized spacial score (nSPS) is 11.0. The van der Waals surface area contributed by atoms with Crippen molar-refractivity contribution in [2.75, 3.05) is 0 Å². The summed E-state index contributed by atoms with van der Waals surface area (Å²) in [6, 6.07) is 19.7. The van der Waals surface area contributed by atoms with Crippen molar-refractivity contribution in [3.63, 3.8) is 0 Å². The fraction of sp³-hybridized carbons (Fsp3) is 0.556. The van der Waals surface area contributed by atoms with Gasteiger partial charge in [0.2, 0.25) is 0 Å². The first-order chi connectivity index (χ1) is 13.4. The third-order valence-electron chi connectivity index (χ3n) is 5.65. The van der Waals surface area contributed by atoms with Crippen molar-refractivity contribution >= 4 is 0 Å². The summed E-state index contributed by atoms with van der Waals surface area (Å²) in [6.45, 7) is 2.29. The predicted molar refractivity (Wildman–Crippen MR) is 121 cm³/mol. The molecule has 0 saturated carbocycles. The minimum atomic E-state index is 1.21. The van der Waals surface area contributed by atoms with Gasteiger partial charge in [0.1, 0.15) is 0 Å². The fourth-order valence-corrected chi connectivity index (χ4v) is 3.97. The van der Waals surface area contributed by atoms with Crippen LogP contribution in [0.1, 0.15) is 96.0 Å². The Labute approximate surface area is 168 Å². The van der Waals surface area contributed by atoms with Crippen LogP contribution in [-0.2, 0) is 6.42 Å². The van der Waals surface area contributed by atoms with Crippen LogP contribution in [0.2, 0.25) is 0 Å². The summed E-state index contributed by atoms with van der Waals surface area (Å²) >= 11 is 0. The number of aryl methyl sites for hydroxylation is 1. The maximum absolute atomic E-state index is 2.31. The Kier molecular flexibility index (Phi) is 11.7. The lowest BCUT2D eigenvalue weighted by atomic mass is 9.95. The molecule has 2 aromatic carbocycles. The number of hydrogen-bond donors (Lipinski definition) is 0. The number of hydrogen-bond acceptors (Lipinski definition) is 0. The van der Waals surface area contributed by atoms with E-state index in [-0.39, 0.29) is 0 Å². The Morgan fingerprint density at radius 2 is 0.963 bits per heavy atom. The third kappa shape index (κ3) is 9.27. The van der Waals surface area contributed by atoms with Gasteiger partial charge >= 0.3 is 0 Å². The topological polar surface area (TPSA) is 0 Å². The van der Waals surface area contributed by atoms with Crippen LogP contribution in [-0.4, -0.2) is 0 Å². The fourth-order valence-electron chi connectivity index (χ4n) is 3.97. The van der Waals surface area contributed by atoms with Crippen molar-refractivity contribution in [2.24, 2.45) is 0 Å². The summed E-state index contributed by atoms with van der Waals surface area (Å²) in [5, 5.41) is 0. The van der Waals surface area contributed by atoms with Gasteiger partial charge in [-0.3, -0.25) is 0 Å². The molecule has 0 radical (unpaired) electrons. The van der Waals surface area contributed by atoms with Gasteiger partial charge in [-0.1, -0.05) is 139 Å². The molecular weight excluding hydrogens is 324 g/mol. The summed E-state index contributed by atoms with van der Waals surface area (Å²) in [4.78, 5) is 0. The molecular formula is C27H40. The molecule has 0 spiro atoms. The molecule has 0 aliphatic rings. The molecule has 0 bridgehead atoms. The molecule has 0 nitrogen and oxygen atoms in total. The Morgan fingerprint density at radius 1 is 0.481 bits per heavy atom. The largest absolute Gasteiger partial charge is 0.0654 e. The van der Waals surface area contributed by atoms with E-state index in [1.807, 2.05) is 0 Å². The molecule has 148 valence electrons. The van der Waals surface area contributed by atoms with Crippen molar-refractivity contribution in [3.05, 3.63) is 60.2 Å². The van der Waals surface area contributed by atoms with E-state index >= 15 is 0 Å². The lowest BCUT2D eigenvalue weighted by Crippen LogP contribution is -1.91. The van der Waals surface area contributed by atoms with Gasteiger partial charge in [-0.25, -0.2) is 0 Å². The van der Waals surface area contributed by atoms with Gasteiger partial charge in [0.25, 0.3) is 0 Å². The Morgan fingerprint density at radius 3 is 1.56 bits per heavy atom. The second kappa shape index (κ2) is 14.5. The lowest BCUT2D eigenvalue weighted by molar-refractivity contribution is 0.539. The molecule has 0 unspecified atom stereocenters. The van der Waals surface area contributed by atoms with E-state index in [1.54, 1.807) is 0 Å². The first kappa shape index (κ1) is 21.7. The van der Waals surface area contributed by atoms with Crippen LogP contribution in [0.25, 0.3) is 11.1 Å². The monoisotopic (exact) mass is 364 g/mol. The molecule has 0 heterocycles. The summed E-state index contributed by atoms with van der Waals surface area (Å²) in [5.74, 6) is 0. The minimum Gasteiger partial charge on any atom is -0.0654 e. The van der Waals surface area contributed by atoms with Gasteiger partial charge in [0.15, 0.2) is 0 Å². The van der Waals surface area contributed by atoms with Gasteiger partial charge < -0.3 is 0 Å². The second-order valence-corrected chi connectivity index (χ2v) is 8.02. The Bertz CT molecular complexity index is 584. The number of benzene rings is 2. The van der Waals surface area contributed by atoms with Crippen LogP contribution in [0, 0.1) is 0 Å². The minimum absolute atomic E-state index is 1.21. The molecule has 2 rings (SSSR count). The van der Waals surface area contributed by atoms with Crippen molar-refractivity contribution in [3.8, 4) is 11.1 Å². The van der Waals surface area contributed by atoms with Gasteiger partial charge in [-0.2, -0.15) is 0 Å². The Hall–Kier alpha value is -1.56. The summed E-state index contributed by atoms with van der Waals surface area (Å²) < 4.78 is 0. The number of unbranched alkanes of at least 4 members (excludes halogenated alkanes) is 12. The highest BCUT2D eigenvalue weighted by Crippen LogP contribution is 2.25. The molecule has 2 aromatic rings. The maximum Gasteiger partial charge on any atom is -0.0152 e. The average Bonchev–Trinajstić information content (AvgIpc) is 2.72.